The van der Waals surface area contributed by atoms with Crippen LogP contribution in [0.3, 0.4) is 0 Å². The Morgan fingerprint density at radius 2 is 1.66 bits per heavy atom. The number of halogens is 3. The molecule has 3 aromatic rings. The van der Waals surface area contributed by atoms with E-state index >= 15 is 0 Å². The fourth-order valence-corrected chi connectivity index (χ4v) is 2.90. The van der Waals surface area contributed by atoms with E-state index in [0.29, 0.717) is 17.7 Å². The van der Waals surface area contributed by atoms with Gasteiger partial charge in [-0.3, -0.25) is 19.9 Å². The van der Waals surface area contributed by atoms with Gasteiger partial charge in [-0.2, -0.15) is 13.2 Å². The summed E-state index contributed by atoms with van der Waals surface area (Å²) in [6.45, 7) is 0. The zero-order valence-corrected chi connectivity index (χ0v) is 16.3. The summed E-state index contributed by atoms with van der Waals surface area (Å²) in [6.07, 6.45) is -3.67. The molecule has 3 N–H and O–H groups in total. The molecule has 0 saturated carbocycles. The molecule has 0 bridgehead atoms. The number of Topliss-reactive ketones (excluding diaryl/α,β-unsaturated/α-hetero) is 1. The summed E-state index contributed by atoms with van der Waals surface area (Å²) in [7, 11) is 0. The summed E-state index contributed by atoms with van der Waals surface area (Å²) in [5, 5.41) is 13.0. The fourth-order valence-electron chi connectivity index (χ4n) is 2.90. The first-order valence-corrected chi connectivity index (χ1v) is 9.18. The molecule has 0 atom stereocenters. The van der Waals surface area contributed by atoms with Crippen LogP contribution in [0.5, 0.6) is 0 Å². The lowest BCUT2D eigenvalue weighted by Crippen LogP contribution is -2.19. The smallest absolute Gasteiger partial charge is 0.416 e. The number of benzene rings is 2. The van der Waals surface area contributed by atoms with E-state index in [0.717, 1.165) is 11.6 Å². The molecule has 2 amide bonds. The molecule has 164 valence electrons. The maximum atomic E-state index is 13.0. The summed E-state index contributed by atoms with van der Waals surface area (Å²) in [6, 6.07) is 12.2. The highest BCUT2D eigenvalue weighted by molar-refractivity contribution is 6.12. The van der Waals surface area contributed by atoms with Gasteiger partial charge >= 0.3 is 12.3 Å². The predicted molar refractivity (Wildman–Crippen MR) is 110 cm³/mol. The number of carboxylic acid groups (broad SMARTS) is 1. The molecule has 0 radical (unpaired) electrons. The molecule has 0 spiro atoms. The Labute approximate surface area is 179 Å². The molecule has 0 aliphatic rings. The van der Waals surface area contributed by atoms with Crippen LogP contribution in [0.15, 0.2) is 67.0 Å². The number of ketones is 1. The number of rotatable bonds is 6. The molecule has 1 heterocycles. The first-order chi connectivity index (χ1) is 15.1. The molecule has 1 aromatic heterocycles. The van der Waals surface area contributed by atoms with Crippen molar-refractivity contribution in [3.8, 4) is 11.1 Å². The van der Waals surface area contributed by atoms with Gasteiger partial charge in [0.25, 0.3) is 0 Å². The van der Waals surface area contributed by atoms with Gasteiger partial charge in [-0.25, -0.2) is 4.79 Å². The lowest BCUT2D eigenvalue weighted by Gasteiger charge is -2.14. The van der Waals surface area contributed by atoms with Crippen molar-refractivity contribution in [3.05, 3.63) is 78.1 Å². The molecule has 7 nitrogen and oxygen atoms in total. The Kier molecular flexibility index (Phi) is 6.53. The third-order valence-corrected chi connectivity index (χ3v) is 4.36. The molecule has 32 heavy (non-hydrogen) atoms. The maximum Gasteiger partial charge on any atom is 0.416 e. The molecule has 10 heteroatoms. The number of amides is 2. The lowest BCUT2D eigenvalue weighted by atomic mass is 10.0. The Morgan fingerprint density at radius 3 is 2.31 bits per heavy atom. The van der Waals surface area contributed by atoms with Gasteiger partial charge in [0.15, 0.2) is 5.78 Å². The van der Waals surface area contributed by atoms with Crippen LogP contribution >= 0.6 is 0 Å². The fraction of sp³-hybridized carbons (Fsp3) is 0.0909. The number of aromatic nitrogens is 1. The van der Waals surface area contributed by atoms with E-state index in [-0.39, 0.29) is 11.3 Å². The highest BCUT2D eigenvalue weighted by atomic mass is 19.4. The van der Waals surface area contributed by atoms with Crippen LogP contribution < -0.4 is 10.6 Å². The van der Waals surface area contributed by atoms with Crippen LogP contribution in [-0.4, -0.2) is 27.9 Å². The molecular weight excluding hydrogens is 427 g/mol. The van der Waals surface area contributed by atoms with Crippen molar-refractivity contribution in [3.63, 3.8) is 0 Å². The highest BCUT2D eigenvalue weighted by Gasteiger charge is 2.31. The summed E-state index contributed by atoms with van der Waals surface area (Å²) in [4.78, 5) is 39.8. The average molecular weight is 443 g/mol. The third kappa shape index (κ3) is 5.69. The van der Waals surface area contributed by atoms with E-state index in [1.165, 1.54) is 6.07 Å². The number of alkyl halides is 3. The number of carbonyl (C=O) groups is 3. The summed E-state index contributed by atoms with van der Waals surface area (Å²) >= 11 is 0. The second-order valence-electron chi connectivity index (χ2n) is 6.66. The molecular formula is C22H16F3N3O4. The SMILES string of the molecule is O=C(O)Nc1ccc(C(F)(F)F)cc1NC(=O)CC(=O)c1cccc(-c2cccnc2)c1. The van der Waals surface area contributed by atoms with Crippen molar-refractivity contribution in [1.82, 2.24) is 4.98 Å². The third-order valence-electron chi connectivity index (χ3n) is 4.36. The topological polar surface area (TPSA) is 108 Å². The van der Waals surface area contributed by atoms with Crippen molar-refractivity contribution in [2.75, 3.05) is 10.6 Å². The number of hydrogen-bond donors (Lipinski definition) is 3. The van der Waals surface area contributed by atoms with E-state index in [1.807, 2.05) is 5.32 Å². The van der Waals surface area contributed by atoms with Crippen molar-refractivity contribution in [2.45, 2.75) is 12.6 Å². The van der Waals surface area contributed by atoms with Crippen molar-refractivity contribution < 1.29 is 32.7 Å². The number of pyridine rings is 1. The van der Waals surface area contributed by atoms with E-state index < -0.39 is 41.6 Å². The van der Waals surface area contributed by atoms with Gasteiger partial charge in [0.1, 0.15) is 0 Å². The Morgan fingerprint density at radius 1 is 0.906 bits per heavy atom. The molecule has 2 aromatic carbocycles. The average Bonchev–Trinajstić information content (AvgIpc) is 2.74. The quantitative estimate of drug-likeness (QED) is 0.364. The highest BCUT2D eigenvalue weighted by Crippen LogP contribution is 2.34. The van der Waals surface area contributed by atoms with E-state index in [1.54, 1.807) is 42.7 Å². The van der Waals surface area contributed by atoms with Gasteiger partial charge in [-0.15, -0.1) is 0 Å². The van der Waals surface area contributed by atoms with Gasteiger partial charge in [0, 0.05) is 23.5 Å². The van der Waals surface area contributed by atoms with Gasteiger partial charge in [0.05, 0.1) is 23.4 Å². The predicted octanol–water partition coefficient (Wildman–Crippen LogP) is 5.07. The van der Waals surface area contributed by atoms with Gasteiger partial charge < -0.3 is 10.4 Å². The first-order valence-electron chi connectivity index (χ1n) is 9.18. The van der Waals surface area contributed by atoms with Crippen LogP contribution in [0.4, 0.5) is 29.3 Å². The van der Waals surface area contributed by atoms with Crippen molar-refractivity contribution in [2.24, 2.45) is 0 Å². The number of nitrogens with one attached hydrogen (secondary N) is 2. The van der Waals surface area contributed by atoms with Crippen molar-refractivity contribution in [1.29, 1.82) is 0 Å². The van der Waals surface area contributed by atoms with Crippen LogP contribution in [0.25, 0.3) is 11.1 Å². The Hall–Kier alpha value is -4.21. The van der Waals surface area contributed by atoms with Crippen LogP contribution in [0.2, 0.25) is 0 Å². The molecule has 0 unspecified atom stereocenters. The number of carbonyl (C=O) groups excluding carboxylic acids is 2. The standard InChI is InChI=1S/C22H16F3N3O4/c23-22(24,25)16-6-7-17(28-21(31)32)18(10-16)27-20(30)11-19(29)14-4-1-3-13(9-14)15-5-2-8-26-12-15/h1-10,12,28H,11H2,(H,27,30)(H,31,32). The molecule has 0 aliphatic heterocycles. The van der Waals surface area contributed by atoms with Gasteiger partial charge in [0.2, 0.25) is 5.91 Å². The molecule has 0 fully saturated rings. The largest absolute Gasteiger partial charge is 0.465 e. The summed E-state index contributed by atoms with van der Waals surface area (Å²) in [5.74, 6) is -1.46. The second kappa shape index (κ2) is 9.29. The minimum absolute atomic E-state index is 0.231. The van der Waals surface area contributed by atoms with Gasteiger partial charge in [-0.1, -0.05) is 24.3 Å². The minimum atomic E-state index is -4.70. The number of anilines is 2. The zero-order chi connectivity index (χ0) is 23.3. The normalized spacial score (nSPS) is 11.0. The van der Waals surface area contributed by atoms with Crippen LogP contribution in [0, 0.1) is 0 Å². The first kappa shape index (κ1) is 22.5. The molecule has 0 saturated heterocycles. The van der Waals surface area contributed by atoms with Crippen LogP contribution in [-0.2, 0) is 11.0 Å². The number of hydrogen-bond acceptors (Lipinski definition) is 4. The van der Waals surface area contributed by atoms with Crippen LogP contribution in [0.1, 0.15) is 22.3 Å². The molecule has 0 aliphatic carbocycles. The maximum absolute atomic E-state index is 13.0. The molecule has 3 rings (SSSR count). The minimum Gasteiger partial charge on any atom is -0.465 e. The second-order valence-corrected chi connectivity index (χ2v) is 6.66. The summed E-state index contributed by atoms with van der Waals surface area (Å²) < 4.78 is 39.0. The number of nitrogens with zero attached hydrogens (tertiary/aromatic N) is 1. The van der Waals surface area contributed by atoms with E-state index in [2.05, 4.69) is 10.3 Å². The summed E-state index contributed by atoms with van der Waals surface area (Å²) in [5.41, 5.74) is -0.0576. The van der Waals surface area contributed by atoms with Crippen molar-refractivity contribution >= 4 is 29.2 Å². The zero-order valence-electron chi connectivity index (χ0n) is 16.3. The lowest BCUT2D eigenvalue weighted by molar-refractivity contribution is -0.137. The van der Waals surface area contributed by atoms with E-state index in [9.17, 15) is 27.6 Å². The Balaban J connectivity index is 1.78. The Bertz CT molecular complexity index is 1160. The monoisotopic (exact) mass is 443 g/mol. The van der Waals surface area contributed by atoms with E-state index in [4.69, 9.17) is 5.11 Å². The van der Waals surface area contributed by atoms with Gasteiger partial charge in [-0.05, 0) is 35.9 Å².